The summed E-state index contributed by atoms with van der Waals surface area (Å²) in [5, 5.41) is 6.47. The highest BCUT2D eigenvalue weighted by molar-refractivity contribution is 7.90. The molecule has 0 bridgehead atoms. The number of aromatic nitrogens is 1. The van der Waals surface area contributed by atoms with E-state index in [-0.39, 0.29) is 11.2 Å². The zero-order valence-corrected chi connectivity index (χ0v) is 15.3. The summed E-state index contributed by atoms with van der Waals surface area (Å²) in [4.78, 5) is 8.76. The molecule has 0 atom stereocenters. The first kappa shape index (κ1) is 19.4. The van der Waals surface area contributed by atoms with E-state index >= 15 is 0 Å². The summed E-state index contributed by atoms with van der Waals surface area (Å²) in [6.45, 7) is 8.02. The highest BCUT2D eigenvalue weighted by atomic mass is 32.2. The molecule has 1 heterocycles. The lowest BCUT2D eigenvalue weighted by molar-refractivity contribution is 0.348. The molecule has 0 fully saturated rings. The lowest BCUT2D eigenvalue weighted by atomic mass is 9.90. The Hall–Kier alpha value is -1.63. The van der Waals surface area contributed by atoms with Gasteiger partial charge < -0.3 is 10.6 Å². The van der Waals surface area contributed by atoms with E-state index in [1.807, 2.05) is 39.0 Å². The third-order valence-electron chi connectivity index (χ3n) is 3.35. The van der Waals surface area contributed by atoms with E-state index in [0.29, 0.717) is 25.5 Å². The molecule has 1 aromatic heterocycles. The van der Waals surface area contributed by atoms with Crippen molar-refractivity contribution in [3.8, 4) is 0 Å². The van der Waals surface area contributed by atoms with Crippen LogP contribution in [0.3, 0.4) is 0 Å². The third kappa shape index (κ3) is 9.18. The van der Waals surface area contributed by atoms with Crippen LogP contribution in [0.1, 0.15) is 32.9 Å². The van der Waals surface area contributed by atoms with Crippen LogP contribution < -0.4 is 10.6 Å². The number of hydrogen-bond acceptors (Lipinski definition) is 4. The predicted octanol–water partition coefficient (Wildman–Crippen LogP) is 1.60. The average Bonchev–Trinajstić information content (AvgIpc) is 2.49. The molecule has 0 aromatic carbocycles. The largest absolute Gasteiger partial charge is 0.357 e. The molecule has 1 aromatic rings. The number of guanidine groups is 1. The number of rotatable bonds is 8. The van der Waals surface area contributed by atoms with Crippen molar-refractivity contribution < 1.29 is 8.42 Å². The summed E-state index contributed by atoms with van der Waals surface area (Å²) in [5.41, 5.74) is 0.769. The molecule has 130 valence electrons. The number of nitrogens with one attached hydrogen (secondary N) is 2. The Bertz CT molecular complexity index is 598. The van der Waals surface area contributed by atoms with Gasteiger partial charge in [0.1, 0.15) is 9.84 Å². The van der Waals surface area contributed by atoms with Gasteiger partial charge in [0.05, 0.1) is 18.0 Å². The molecule has 0 amide bonds. The lowest BCUT2D eigenvalue weighted by Gasteiger charge is -2.25. The van der Waals surface area contributed by atoms with Gasteiger partial charge in [-0.2, -0.15) is 0 Å². The van der Waals surface area contributed by atoms with Gasteiger partial charge in [0, 0.05) is 25.5 Å². The molecule has 0 radical (unpaired) electrons. The molecule has 1 rings (SSSR count). The highest BCUT2D eigenvalue weighted by Gasteiger charge is 2.20. The third-order valence-corrected chi connectivity index (χ3v) is 4.30. The number of sulfone groups is 1. The molecule has 2 N–H and O–H groups in total. The first-order valence-electron chi connectivity index (χ1n) is 7.82. The molecule has 6 nitrogen and oxygen atoms in total. The van der Waals surface area contributed by atoms with Crippen LogP contribution in [0.2, 0.25) is 0 Å². The van der Waals surface area contributed by atoms with Crippen LogP contribution in [0.25, 0.3) is 0 Å². The smallest absolute Gasteiger partial charge is 0.191 e. The summed E-state index contributed by atoms with van der Waals surface area (Å²) in [6.07, 6.45) is 3.63. The first-order chi connectivity index (χ1) is 10.7. The van der Waals surface area contributed by atoms with Crippen LogP contribution in [-0.2, 0) is 16.4 Å². The molecule has 0 spiro atoms. The van der Waals surface area contributed by atoms with Crippen LogP contribution in [-0.4, -0.2) is 44.5 Å². The van der Waals surface area contributed by atoms with Crippen molar-refractivity contribution in [2.24, 2.45) is 10.4 Å². The summed E-state index contributed by atoms with van der Waals surface area (Å²) in [7, 11) is -2.93. The van der Waals surface area contributed by atoms with E-state index < -0.39 is 9.84 Å². The summed E-state index contributed by atoms with van der Waals surface area (Å²) < 4.78 is 22.6. The van der Waals surface area contributed by atoms with Gasteiger partial charge in [0.2, 0.25) is 0 Å². The van der Waals surface area contributed by atoms with E-state index in [1.165, 1.54) is 6.26 Å². The van der Waals surface area contributed by atoms with E-state index in [1.54, 1.807) is 6.20 Å². The fourth-order valence-corrected chi connectivity index (χ4v) is 2.79. The molecule has 0 unspecified atom stereocenters. The maximum Gasteiger partial charge on any atom is 0.191 e. The Morgan fingerprint density at radius 3 is 2.61 bits per heavy atom. The fraction of sp³-hybridized carbons (Fsp3) is 0.625. The molecular formula is C16H28N4O2S. The Labute approximate surface area is 139 Å². The Balaban J connectivity index is 2.58. The maximum absolute atomic E-state index is 11.3. The minimum absolute atomic E-state index is 0.135. The zero-order chi connectivity index (χ0) is 17.3. The number of nitrogens with zero attached hydrogens (tertiary/aromatic N) is 2. The quantitative estimate of drug-likeness (QED) is 0.555. The molecular weight excluding hydrogens is 312 g/mol. The van der Waals surface area contributed by atoms with Crippen molar-refractivity contribution in [1.29, 1.82) is 0 Å². The normalized spacial score (nSPS) is 13.0. The minimum atomic E-state index is -2.93. The number of aliphatic imine (C=N–C) groups is 1. The van der Waals surface area contributed by atoms with Crippen LogP contribution in [0.5, 0.6) is 0 Å². The van der Waals surface area contributed by atoms with E-state index in [0.717, 1.165) is 12.2 Å². The van der Waals surface area contributed by atoms with Gasteiger partial charge in [0.25, 0.3) is 0 Å². The van der Waals surface area contributed by atoms with Gasteiger partial charge in [0.15, 0.2) is 5.96 Å². The maximum atomic E-state index is 11.3. The zero-order valence-electron chi connectivity index (χ0n) is 14.5. The van der Waals surface area contributed by atoms with E-state index in [9.17, 15) is 8.42 Å². The Morgan fingerprint density at radius 2 is 2.04 bits per heavy atom. The number of hydrogen-bond donors (Lipinski definition) is 2. The molecule has 0 aliphatic heterocycles. The second-order valence-corrected chi connectivity index (χ2v) is 8.67. The molecule has 0 saturated heterocycles. The van der Waals surface area contributed by atoms with Gasteiger partial charge in [-0.1, -0.05) is 19.9 Å². The SMILES string of the molecule is CCNC(=NCc1ccccn1)NCC(C)(C)CCS(C)(=O)=O. The molecule has 0 aliphatic carbocycles. The molecule has 0 saturated carbocycles. The molecule has 0 aliphatic rings. The standard InChI is InChI=1S/C16H28N4O2S/c1-5-17-15(19-12-14-8-6-7-10-18-14)20-13-16(2,3)9-11-23(4,21)22/h6-8,10H,5,9,11-13H2,1-4H3,(H2,17,19,20). The van der Waals surface area contributed by atoms with Crippen molar-refractivity contribution in [3.05, 3.63) is 30.1 Å². The Morgan fingerprint density at radius 1 is 1.30 bits per heavy atom. The summed E-state index contributed by atoms with van der Waals surface area (Å²) in [6, 6.07) is 5.75. The van der Waals surface area contributed by atoms with E-state index in [2.05, 4.69) is 20.6 Å². The van der Waals surface area contributed by atoms with E-state index in [4.69, 9.17) is 0 Å². The monoisotopic (exact) mass is 340 g/mol. The first-order valence-corrected chi connectivity index (χ1v) is 9.88. The van der Waals surface area contributed by atoms with Crippen molar-refractivity contribution in [3.63, 3.8) is 0 Å². The van der Waals surface area contributed by atoms with Gasteiger partial charge in [-0.25, -0.2) is 13.4 Å². The van der Waals surface area contributed by atoms with Crippen molar-refractivity contribution in [1.82, 2.24) is 15.6 Å². The van der Waals surface area contributed by atoms with Crippen molar-refractivity contribution >= 4 is 15.8 Å². The van der Waals surface area contributed by atoms with Crippen LogP contribution in [0.15, 0.2) is 29.4 Å². The van der Waals surface area contributed by atoms with Crippen molar-refractivity contribution in [2.45, 2.75) is 33.7 Å². The summed E-state index contributed by atoms with van der Waals surface area (Å²) in [5.74, 6) is 0.911. The fourth-order valence-electron chi connectivity index (χ4n) is 1.87. The summed E-state index contributed by atoms with van der Waals surface area (Å²) >= 11 is 0. The average molecular weight is 340 g/mol. The van der Waals surface area contributed by atoms with Crippen LogP contribution >= 0.6 is 0 Å². The topological polar surface area (TPSA) is 83.4 Å². The van der Waals surface area contributed by atoms with Gasteiger partial charge >= 0.3 is 0 Å². The number of pyridine rings is 1. The Kier molecular flexibility index (Phi) is 7.48. The van der Waals surface area contributed by atoms with Crippen molar-refractivity contribution in [2.75, 3.05) is 25.1 Å². The second-order valence-electron chi connectivity index (χ2n) is 6.41. The lowest BCUT2D eigenvalue weighted by Crippen LogP contribution is -2.42. The molecule has 23 heavy (non-hydrogen) atoms. The van der Waals surface area contributed by atoms with Gasteiger partial charge in [-0.15, -0.1) is 0 Å². The van der Waals surface area contributed by atoms with Crippen LogP contribution in [0, 0.1) is 5.41 Å². The highest BCUT2D eigenvalue weighted by Crippen LogP contribution is 2.19. The van der Waals surface area contributed by atoms with Gasteiger partial charge in [-0.3, -0.25) is 4.98 Å². The minimum Gasteiger partial charge on any atom is -0.357 e. The van der Waals surface area contributed by atoms with Crippen LogP contribution in [0.4, 0.5) is 0 Å². The second kappa shape index (κ2) is 8.86. The predicted molar refractivity (Wildman–Crippen MR) is 95.2 cm³/mol. The van der Waals surface area contributed by atoms with Gasteiger partial charge in [-0.05, 0) is 30.9 Å². The molecule has 7 heteroatoms.